The first-order chi connectivity index (χ1) is 17.4. The van der Waals surface area contributed by atoms with Crippen molar-refractivity contribution in [1.82, 2.24) is 20.2 Å². The zero-order valence-corrected chi connectivity index (χ0v) is 20.3. The zero-order valence-electron chi connectivity index (χ0n) is 20.3. The lowest BCUT2D eigenvalue weighted by Crippen LogP contribution is -2.52. The number of ether oxygens (including phenoxy) is 2. The van der Waals surface area contributed by atoms with Crippen molar-refractivity contribution >= 4 is 28.3 Å². The number of aromatic nitrogens is 2. The minimum absolute atomic E-state index is 0.00410. The van der Waals surface area contributed by atoms with Crippen molar-refractivity contribution in [3.8, 4) is 11.5 Å². The lowest BCUT2D eigenvalue weighted by molar-refractivity contribution is -0.125. The largest absolute Gasteiger partial charge is 0.493 e. The Kier molecular flexibility index (Phi) is 6.86. The Morgan fingerprint density at radius 2 is 1.89 bits per heavy atom. The second kappa shape index (κ2) is 10.2. The molecule has 36 heavy (non-hydrogen) atoms. The van der Waals surface area contributed by atoms with E-state index < -0.39 is 11.6 Å². The summed E-state index contributed by atoms with van der Waals surface area (Å²) in [6.45, 7) is 3.53. The van der Waals surface area contributed by atoms with E-state index in [-0.39, 0.29) is 23.3 Å². The smallest absolute Gasteiger partial charge is 0.234 e. The summed E-state index contributed by atoms with van der Waals surface area (Å²) in [4.78, 5) is 22.6. The molecule has 0 radical (unpaired) electrons. The Morgan fingerprint density at radius 1 is 1.08 bits per heavy atom. The van der Waals surface area contributed by atoms with Gasteiger partial charge < -0.3 is 20.1 Å². The van der Waals surface area contributed by atoms with Gasteiger partial charge >= 0.3 is 0 Å². The molecule has 1 aromatic heterocycles. The average Bonchev–Trinajstić information content (AvgIpc) is 2.87. The summed E-state index contributed by atoms with van der Waals surface area (Å²) in [6, 6.07) is 6.15. The number of hydrogen-bond acceptors (Lipinski definition) is 7. The number of benzene rings is 2. The highest BCUT2D eigenvalue weighted by molar-refractivity contribution is 5.93. The molecule has 1 aliphatic carbocycles. The number of fused-ring (bicyclic) bond motifs is 1. The minimum Gasteiger partial charge on any atom is -0.493 e. The minimum atomic E-state index is -0.545. The zero-order chi connectivity index (χ0) is 25.2. The summed E-state index contributed by atoms with van der Waals surface area (Å²) >= 11 is 0. The number of rotatable bonds is 6. The average molecular weight is 498 g/mol. The second-order valence-corrected chi connectivity index (χ2v) is 9.32. The highest BCUT2D eigenvalue weighted by Crippen LogP contribution is 2.37. The van der Waals surface area contributed by atoms with Crippen molar-refractivity contribution < 1.29 is 23.0 Å². The molecule has 8 nitrogen and oxygen atoms in total. The number of amides is 1. The topological polar surface area (TPSA) is 88.6 Å². The van der Waals surface area contributed by atoms with Gasteiger partial charge in [-0.15, -0.1) is 0 Å². The predicted octanol–water partition coefficient (Wildman–Crippen LogP) is 4.09. The van der Waals surface area contributed by atoms with Crippen molar-refractivity contribution in [1.29, 1.82) is 0 Å². The van der Waals surface area contributed by atoms with Gasteiger partial charge in [0.2, 0.25) is 5.91 Å². The number of piperazine rings is 1. The van der Waals surface area contributed by atoms with Crippen LogP contribution in [0.25, 0.3) is 10.9 Å². The maximum absolute atomic E-state index is 14.6. The van der Waals surface area contributed by atoms with Gasteiger partial charge in [0.15, 0.2) is 11.5 Å². The van der Waals surface area contributed by atoms with Gasteiger partial charge in [-0.05, 0) is 50.3 Å². The third-order valence-electron chi connectivity index (χ3n) is 6.91. The van der Waals surface area contributed by atoms with Crippen LogP contribution in [0.3, 0.4) is 0 Å². The fraction of sp³-hybridized carbons (Fsp3) is 0.423. The molecule has 2 heterocycles. The molecule has 1 amide bonds. The van der Waals surface area contributed by atoms with Gasteiger partial charge in [0, 0.05) is 36.7 Å². The molecule has 1 saturated carbocycles. The number of halogens is 2. The fourth-order valence-electron chi connectivity index (χ4n) is 5.04. The number of aryl methyl sites for hydroxylation is 1. The Labute approximate surface area is 208 Å². The maximum atomic E-state index is 14.6. The lowest BCUT2D eigenvalue weighted by Gasteiger charge is -2.38. The molecular formula is C26H29F2N5O3. The molecule has 10 heteroatoms. The molecule has 2 fully saturated rings. The van der Waals surface area contributed by atoms with Gasteiger partial charge in [-0.25, -0.2) is 18.7 Å². The van der Waals surface area contributed by atoms with E-state index in [1.807, 2.05) is 0 Å². The molecular weight excluding hydrogens is 468 g/mol. The summed E-state index contributed by atoms with van der Waals surface area (Å²) in [6.07, 6.45) is 4.96. The number of nitrogens with one attached hydrogen (secondary N) is 2. The maximum Gasteiger partial charge on any atom is 0.234 e. The molecule has 190 valence electrons. The summed E-state index contributed by atoms with van der Waals surface area (Å²) in [5.74, 6) is 0.413. The van der Waals surface area contributed by atoms with E-state index in [1.54, 1.807) is 19.2 Å². The van der Waals surface area contributed by atoms with Crippen molar-refractivity contribution in [3.05, 3.63) is 47.8 Å². The molecule has 2 N–H and O–H groups in total. The molecule has 0 unspecified atom stereocenters. The molecule has 2 aliphatic rings. The van der Waals surface area contributed by atoms with Gasteiger partial charge in [0.25, 0.3) is 0 Å². The van der Waals surface area contributed by atoms with E-state index in [0.717, 1.165) is 44.4 Å². The summed E-state index contributed by atoms with van der Waals surface area (Å²) in [5, 5.41) is 6.38. The number of carbonyl (C=O) groups is 1. The Bertz CT molecular complexity index is 1280. The highest BCUT2D eigenvalue weighted by Gasteiger charge is 2.30. The third kappa shape index (κ3) is 5.04. The van der Waals surface area contributed by atoms with Gasteiger partial charge in [0.1, 0.15) is 23.8 Å². The van der Waals surface area contributed by atoms with Crippen molar-refractivity contribution in [2.45, 2.75) is 44.8 Å². The molecule has 0 atom stereocenters. The first-order valence-electron chi connectivity index (χ1n) is 12.1. The van der Waals surface area contributed by atoms with Crippen LogP contribution in [0, 0.1) is 18.6 Å². The van der Waals surface area contributed by atoms with E-state index in [0.29, 0.717) is 47.4 Å². The highest BCUT2D eigenvalue weighted by atomic mass is 19.1. The van der Waals surface area contributed by atoms with E-state index >= 15 is 0 Å². The molecule has 0 spiro atoms. The molecule has 3 aromatic rings. The van der Waals surface area contributed by atoms with Crippen LogP contribution in [-0.2, 0) is 4.79 Å². The molecule has 2 aromatic carbocycles. The Balaban J connectivity index is 1.36. The SMILES string of the molecule is COc1cc2ncnc(Nc3cc(F)cc(C)c3F)c2cc1O[C@H]1CC[C@H](N2CCNC(=O)C2)CC1. The first kappa shape index (κ1) is 24.2. The molecule has 0 bridgehead atoms. The quantitative estimate of drug-likeness (QED) is 0.530. The number of carbonyl (C=O) groups excluding carboxylic acids is 1. The van der Waals surface area contributed by atoms with Crippen molar-refractivity contribution in [2.24, 2.45) is 0 Å². The van der Waals surface area contributed by atoms with Crippen LogP contribution in [0.1, 0.15) is 31.2 Å². The normalized spacial score (nSPS) is 20.7. The van der Waals surface area contributed by atoms with Crippen LogP contribution in [0.2, 0.25) is 0 Å². The number of methoxy groups -OCH3 is 1. The monoisotopic (exact) mass is 497 g/mol. The van der Waals surface area contributed by atoms with E-state index in [9.17, 15) is 13.6 Å². The van der Waals surface area contributed by atoms with E-state index in [4.69, 9.17) is 9.47 Å². The van der Waals surface area contributed by atoms with E-state index in [2.05, 4.69) is 25.5 Å². The number of hydrogen-bond donors (Lipinski definition) is 2. The Hall–Kier alpha value is -3.53. The van der Waals surface area contributed by atoms with Gasteiger partial charge in [0.05, 0.1) is 31.0 Å². The van der Waals surface area contributed by atoms with Crippen LogP contribution in [-0.4, -0.2) is 59.7 Å². The summed E-state index contributed by atoms with van der Waals surface area (Å²) in [5.41, 5.74) is 0.773. The Morgan fingerprint density at radius 3 is 2.64 bits per heavy atom. The van der Waals surface area contributed by atoms with Crippen LogP contribution < -0.4 is 20.1 Å². The molecule has 1 aliphatic heterocycles. The predicted molar refractivity (Wildman–Crippen MR) is 132 cm³/mol. The fourth-order valence-corrected chi connectivity index (χ4v) is 5.04. The standard InChI is InChI=1S/C26H29F2N5O3/c1-15-9-16(27)10-21(25(15)28)32-26-19-11-23(22(35-2)12-20(19)30-14-31-26)36-18-5-3-17(4-6-18)33-8-7-29-24(34)13-33/h9-12,14,17-18H,3-8,13H2,1-2H3,(H,29,34)(H,30,31,32)/t17-,18-. The van der Waals surface area contributed by atoms with Crippen LogP contribution >= 0.6 is 0 Å². The van der Waals surface area contributed by atoms with Gasteiger partial charge in [-0.2, -0.15) is 0 Å². The summed E-state index contributed by atoms with van der Waals surface area (Å²) < 4.78 is 40.5. The third-order valence-corrected chi connectivity index (χ3v) is 6.91. The van der Waals surface area contributed by atoms with Crippen molar-refractivity contribution in [3.63, 3.8) is 0 Å². The van der Waals surface area contributed by atoms with Crippen LogP contribution in [0.5, 0.6) is 11.5 Å². The van der Waals surface area contributed by atoms with Crippen LogP contribution in [0.15, 0.2) is 30.6 Å². The molecule has 5 rings (SSSR count). The van der Waals surface area contributed by atoms with Gasteiger partial charge in [-0.1, -0.05) is 0 Å². The van der Waals surface area contributed by atoms with Crippen molar-refractivity contribution in [2.75, 3.05) is 32.1 Å². The summed E-state index contributed by atoms with van der Waals surface area (Å²) in [7, 11) is 1.57. The number of nitrogens with zero attached hydrogens (tertiary/aromatic N) is 3. The number of anilines is 2. The van der Waals surface area contributed by atoms with E-state index in [1.165, 1.54) is 13.3 Å². The van der Waals surface area contributed by atoms with Crippen LogP contribution in [0.4, 0.5) is 20.3 Å². The van der Waals surface area contributed by atoms with Gasteiger partial charge in [-0.3, -0.25) is 9.69 Å². The lowest BCUT2D eigenvalue weighted by atomic mass is 9.91. The first-order valence-corrected chi connectivity index (χ1v) is 12.1. The molecule has 1 saturated heterocycles. The second-order valence-electron chi connectivity index (χ2n) is 9.32.